The van der Waals surface area contributed by atoms with Gasteiger partial charge in [0.05, 0.1) is 13.1 Å². The van der Waals surface area contributed by atoms with Gasteiger partial charge in [0.15, 0.2) is 0 Å². The molecule has 5 nitrogen and oxygen atoms in total. The van der Waals surface area contributed by atoms with Crippen molar-refractivity contribution >= 4 is 23.3 Å². The lowest BCUT2D eigenvalue weighted by atomic mass is 10.1. The molecule has 94 valence electrons. The fraction of sp³-hybridized carbons (Fsp3) is 0.308. The van der Waals surface area contributed by atoms with Crippen LogP contribution in [0.1, 0.15) is 12.5 Å². The van der Waals surface area contributed by atoms with Crippen LogP contribution in [0.25, 0.3) is 0 Å². The van der Waals surface area contributed by atoms with E-state index in [4.69, 9.17) is 0 Å². The van der Waals surface area contributed by atoms with Gasteiger partial charge in [-0.2, -0.15) is 0 Å². The maximum Gasteiger partial charge on any atom is 0.246 e. The molecule has 1 saturated heterocycles. The van der Waals surface area contributed by atoms with E-state index in [9.17, 15) is 14.4 Å². The molecule has 2 amide bonds. The zero-order chi connectivity index (χ0) is 13.1. The quantitative estimate of drug-likeness (QED) is 0.778. The highest BCUT2D eigenvalue weighted by Crippen LogP contribution is 2.21. The molecule has 18 heavy (non-hydrogen) atoms. The molecule has 1 aromatic rings. The first kappa shape index (κ1) is 12.3. The largest absolute Gasteiger partial charge is 0.353 e. The molecule has 1 fully saturated rings. The Morgan fingerprint density at radius 3 is 2.44 bits per heavy atom. The van der Waals surface area contributed by atoms with Crippen molar-refractivity contribution < 1.29 is 14.4 Å². The number of piperazine rings is 1. The highest BCUT2D eigenvalue weighted by molar-refractivity contribution is 6.02. The molecule has 1 aromatic carbocycles. The van der Waals surface area contributed by atoms with Crippen molar-refractivity contribution in [3.63, 3.8) is 0 Å². The summed E-state index contributed by atoms with van der Waals surface area (Å²) in [5, 5.41) is 2.25. The third kappa shape index (κ3) is 2.74. The number of hydrogen-bond acceptors (Lipinski definition) is 4. The molecular formula is C13H14N2O3. The van der Waals surface area contributed by atoms with E-state index in [2.05, 4.69) is 5.32 Å². The molecule has 0 aliphatic carbocycles. The van der Waals surface area contributed by atoms with Crippen LogP contribution in [0.5, 0.6) is 0 Å². The summed E-state index contributed by atoms with van der Waals surface area (Å²) in [6.45, 7) is 1.80. The van der Waals surface area contributed by atoms with Gasteiger partial charge in [0.25, 0.3) is 0 Å². The molecule has 0 radical (unpaired) electrons. The smallest absolute Gasteiger partial charge is 0.246 e. The first-order valence-electron chi connectivity index (χ1n) is 5.71. The lowest BCUT2D eigenvalue weighted by Crippen LogP contribution is -2.51. The average molecular weight is 246 g/mol. The number of nitrogens with zero attached hydrogens (tertiary/aromatic N) is 1. The van der Waals surface area contributed by atoms with Gasteiger partial charge < -0.3 is 4.90 Å². The van der Waals surface area contributed by atoms with E-state index in [1.807, 2.05) is 24.3 Å². The number of anilines is 1. The predicted molar refractivity (Wildman–Crippen MR) is 66.2 cm³/mol. The third-order valence-electron chi connectivity index (χ3n) is 2.72. The molecule has 5 heteroatoms. The molecule has 1 aliphatic heterocycles. The van der Waals surface area contributed by atoms with Crippen molar-refractivity contribution in [2.45, 2.75) is 13.3 Å². The van der Waals surface area contributed by atoms with E-state index >= 15 is 0 Å². The van der Waals surface area contributed by atoms with Crippen LogP contribution < -0.4 is 10.2 Å². The normalized spacial score (nSPS) is 15.5. The summed E-state index contributed by atoms with van der Waals surface area (Å²) in [6.07, 6.45) is 0.308. The summed E-state index contributed by atoms with van der Waals surface area (Å²) in [4.78, 5) is 35.6. The number of ketones is 1. The molecule has 0 atom stereocenters. The van der Waals surface area contributed by atoms with Crippen molar-refractivity contribution in [2.75, 3.05) is 18.0 Å². The summed E-state index contributed by atoms with van der Waals surface area (Å²) in [6, 6.07) is 7.33. The standard InChI is InChI=1S/C13H14N2O3/c1-9(16)6-10-4-2-3-5-11(10)15-7-12(17)14-13(18)8-15/h2-5H,6-8H2,1H3,(H,14,17,18). The van der Waals surface area contributed by atoms with Crippen LogP contribution in [-0.4, -0.2) is 30.7 Å². The van der Waals surface area contributed by atoms with E-state index in [1.165, 1.54) is 6.92 Å². The average Bonchev–Trinajstić information content (AvgIpc) is 2.27. The van der Waals surface area contributed by atoms with Gasteiger partial charge in [0.2, 0.25) is 11.8 Å². The summed E-state index contributed by atoms with van der Waals surface area (Å²) in [7, 11) is 0. The summed E-state index contributed by atoms with van der Waals surface area (Å²) in [5.74, 6) is -0.581. The number of rotatable bonds is 3. The number of nitrogens with one attached hydrogen (secondary N) is 1. The predicted octanol–water partition coefficient (Wildman–Crippen LogP) is 0.281. The molecule has 1 N–H and O–H groups in total. The molecule has 0 saturated carbocycles. The topological polar surface area (TPSA) is 66.5 Å². The lowest BCUT2D eigenvalue weighted by molar-refractivity contribution is -0.130. The molecule has 0 bridgehead atoms. The molecule has 0 aromatic heterocycles. The van der Waals surface area contributed by atoms with E-state index in [-0.39, 0.29) is 30.7 Å². The van der Waals surface area contributed by atoms with Crippen LogP contribution in [0.2, 0.25) is 0 Å². The minimum absolute atomic E-state index is 0.0511. The highest BCUT2D eigenvalue weighted by Gasteiger charge is 2.24. The summed E-state index contributed by atoms with van der Waals surface area (Å²) < 4.78 is 0. The van der Waals surface area contributed by atoms with Gasteiger partial charge in [-0.15, -0.1) is 0 Å². The van der Waals surface area contributed by atoms with Crippen molar-refractivity contribution in [1.82, 2.24) is 5.32 Å². The molecule has 2 rings (SSSR count). The molecule has 0 spiro atoms. The van der Waals surface area contributed by atoms with Crippen LogP contribution in [0.15, 0.2) is 24.3 Å². The van der Waals surface area contributed by atoms with Gasteiger partial charge in [0, 0.05) is 12.1 Å². The molecule has 1 heterocycles. The minimum atomic E-state index is -0.316. The van der Waals surface area contributed by atoms with Gasteiger partial charge >= 0.3 is 0 Å². The highest BCUT2D eigenvalue weighted by atomic mass is 16.2. The number of imide groups is 1. The van der Waals surface area contributed by atoms with Crippen molar-refractivity contribution in [2.24, 2.45) is 0 Å². The fourth-order valence-corrected chi connectivity index (χ4v) is 2.04. The van der Waals surface area contributed by atoms with Gasteiger partial charge in [0.1, 0.15) is 5.78 Å². The van der Waals surface area contributed by atoms with Crippen molar-refractivity contribution in [3.05, 3.63) is 29.8 Å². The van der Waals surface area contributed by atoms with Gasteiger partial charge in [-0.05, 0) is 18.6 Å². The van der Waals surface area contributed by atoms with E-state index in [0.717, 1.165) is 11.3 Å². The fourth-order valence-electron chi connectivity index (χ4n) is 2.04. The lowest BCUT2D eigenvalue weighted by Gasteiger charge is -2.29. The van der Waals surface area contributed by atoms with Crippen LogP contribution in [0.4, 0.5) is 5.69 Å². The minimum Gasteiger partial charge on any atom is -0.353 e. The SMILES string of the molecule is CC(=O)Cc1ccccc1N1CC(=O)NC(=O)C1. The Balaban J connectivity index is 2.29. The second kappa shape index (κ2) is 5.00. The van der Waals surface area contributed by atoms with Crippen molar-refractivity contribution in [1.29, 1.82) is 0 Å². The van der Waals surface area contributed by atoms with E-state index < -0.39 is 0 Å². The number of carbonyl (C=O) groups excluding carboxylic acids is 3. The summed E-state index contributed by atoms with van der Waals surface area (Å²) in [5.41, 5.74) is 1.61. The number of amides is 2. The Labute approximate surface area is 105 Å². The Morgan fingerprint density at radius 2 is 1.83 bits per heavy atom. The van der Waals surface area contributed by atoms with Gasteiger partial charge in [-0.1, -0.05) is 18.2 Å². The number of benzene rings is 1. The number of carbonyl (C=O) groups is 3. The Hall–Kier alpha value is -2.17. The summed E-state index contributed by atoms with van der Waals surface area (Å²) >= 11 is 0. The zero-order valence-electron chi connectivity index (χ0n) is 10.1. The Morgan fingerprint density at radius 1 is 1.22 bits per heavy atom. The van der Waals surface area contributed by atoms with Crippen LogP contribution in [0.3, 0.4) is 0 Å². The number of Topliss-reactive ketones (excluding diaryl/α,β-unsaturated/α-hetero) is 1. The maximum absolute atomic E-state index is 11.4. The van der Waals surface area contributed by atoms with Gasteiger partial charge in [-0.25, -0.2) is 0 Å². The molecule has 0 unspecified atom stereocenters. The maximum atomic E-state index is 11.4. The van der Waals surface area contributed by atoms with Crippen LogP contribution >= 0.6 is 0 Å². The van der Waals surface area contributed by atoms with E-state index in [0.29, 0.717) is 6.42 Å². The monoisotopic (exact) mass is 246 g/mol. The first-order chi connectivity index (χ1) is 8.56. The number of para-hydroxylation sites is 1. The molecular weight excluding hydrogens is 232 g/mol. The zero-order valence-corrected chi connectivity index (χ0v) is 10.1. The van der Waals surface area contributed by atoms with E-state index in [1.54, 1.807) is 4.90 Å². The first-order valence-corrected chi connectivity index (χ1v) is 5.71. The molecule has 1 aliphatic rings. The van der Waals surface area contributed by atoms with Gasteiger partial charge in [-0.3, -0.25) is 19.7 Å². The third-order valence-corrected chi connectivity index (χ3v) is 2.72. The second-order valence-corrected chi connectivity index (χ2v) is 4.33. The Bertz CT molecular complexity index is 495. The Kier molecular flexibility index (Phi) is 3.41. The van der Waals surface area contributed by atoms with Crippen molar-refractivity contribution in [3.8, 4) is 0 Å². The number of hydrogen-bond donors (Lipinski definition) is 1. The van der Waals surface area contributed by atoms with Crippen LogP contribution in [-0.2, 0) is 20.8 Å². The van der Waals surface area contributed by atoms with Crippen LogP contribution in [0, 0.1) is 0 Å². The second-order valence-electron chi connectivity index (χ2n) is 4.33.